The lowest BCUT2D eigenvalue weighted by molar-refractivity contribution is -0.137. The van der Waals surface area contributed by atoms with Crippen LogP contribution in [0.1, 0.15) is 61.9 Å². The zero-order valence-electron chi connectivity index (χ0n) is 30.6. The number of hydrogen-bond donors (Lipinski definition) is 3. The molecule has 276 valence electrons. The number of likely N-dealkylation sites (N-methyl/N-ethyl adjacent to an activating group) is 1. The number of aromatic nitrogens is 3. The Bertz CT molecular complexity index is 1910. The van der Waals surface area contributed by atoms with Crippen LogP contribution < -0.4 is 16.0 Å². The number of anilines is 1. The molecule has 2 saturated heterocycles. The zero-order chi connectivity index (χ0) is 36.2. The SMILES string of the molecule is CCc1nc2c(cnn2CC)c(NC2CCOCC2)c1CNC(=O)C1(C(=O)NCc2ccc(F)c(-c3cccc(CN4CCN(C)CC4)c3)c2)CC1. The van der Waals surface area contributed by atoms with Crippen LogP contribution in [0.15, 0.2) is 48.7 Å². The van der Waals surface area contributed by atoms with Gasteiger partial charge in [-0.3, -0.25) is 14.5 Å². The summed E-state index contributed by atoms with van der Waals surface area (Å²) >= 11 is 0. The molecule has 3 fully saturated rings. The summed E-state index contributed by atoms with van der Waals surface area (Å²) in [6.45, 7) is 11.6. The molecule has 3 aliphatic rings. The number of hydrogen-bond acceptors (Lipinski definition) is 8. The third-order valence-electron chi connectivity index (χ3n) is 10.9. The Labute approximate surface area is 305 Å². The predicted octanol–water partition coefficient (Wildman–Crippen LogP) is 4.87. The topological polar surface area (TPSA) is 117 Å². The van der Waals surface area contributed by atoms with Gasteiger partial charge in [-0.1, -0.05) is 31.2 Å². The van der Waals surface area contributed by atoms with Crippen LogP contribution in [0.4, 0.5) is 10.1 Å². The third-order valence-corrected chi connectivity index (χ3v) is 10.9. The molecule has 2 amide bonds. The average molecular weight is 711 g/mol. The summed E-state index contributed by atoms with van der Waals surface area (Å²) in [5, 5.41) is 15.4. The van der Waals surface area contributed by atoms with Crippen molar-refractivity contribution in [1.82, 2.24) is 35.2 Å². The van der Waals surface area contributed by atoms with Crippen molar-refractivity contribution in [2.75, 3.05) is 51.8 Å². The molecule has 0 radical (unpaired) electrons. The van der Waals surface area contributed by atoms with E-state index in [0.717, 1.165) is 90.2 Å². The summed E-state index contributed by atoms with van der Waals surface area (Å²) in [6.07, 6.45) is 5.27. The molecule has 11 nitrogen and oxygen atoms in total. The van der Waals surface area contributed by atoms with Gasteiger partial charge in [0.25, 0.3) is 0 Å². The lowest BCUT2D eigenvalue weighted by Crippen LogP contribution is -2.43. The van der Waals surface area contributed by atoms with Crippen LogP contribution in [0.5, 0.6) is 0 Å². The number of ether oxygens (including phenoxy) is 1. The lowest BCUT2D eigenvalue weighted by atomic mass is 9.99. The van der Waals surface area contributed by atoms with Gasteiger partial charge in [0.05, 0.1) is 17.3 Å². The van der Waals surface area contributed by atoms with Gasteiger partial charge in [0, 0.05) is 88.4 Å². The number of amides is 2. The molecule has 0 unspecified atom stereocenters. The fourth-order valence-corrected chi connectivity index (χ4v) is 7.48. The van der Waals surface area contributed by atoms with Crippen molar-refractivity contribution in [2.24, 2.45) is 5.41 Å². The quantitative estimate of drug-likeness (QED) is 0.169. The summed E-state index contributed by atoms with van der Waals surface area (Å²) in [5.74, 6) is -0.902. The van der Waals surface area contributed by atoms with E-state index in [4.69, 9.17) is 9.72 Å². The van der Waals surface area contributed by atoms with E-state index in [2.05, 4.69) is 57.0 Å². The fraction of sp³-hybridized carbons (Fsp3) is 0.500. The number of carbonyl (C=O) groups excluding carboxylic acids is 2. The van der Waals surface area contributed by atoms with Crippen molar-refractivity contribution in [2.45, 2.75) is 78.2 Å². The van der Waals surface area contributed by atoms with E-state index in [1.54, 1.807) is 12.1 Å². The Morgan fingerprint density at radius 1 is 0.962 bits per heavy atom. The number of benzene rings is 2. The van der Waals surface area contributed by atoms with Gasteiger partial charge in [-0.05, 0) is 81.0 Å². The zero-order valence-corrected chi connectivity index (χ0v) is 30.6. The van der Waals surface area contributed by atoms with Gasteiger partial charge in [-0.2, -0.15) is 5.10 Å². The second kappa shape index (κ2) is 15.7. The van der Waals surface area contributed by atoms with Gasteiger partial charge in [-0.25, -0.2) is 14.1 Å². The number of piperazine rings is 1. The van der Waals surface area contributed by atoms with Gasteiger partial charge in [0.1, 0.15) is 11.2 Å². The molecule has 3 N–H and O–H groups in total. The molecule has 12 heteroatoms. The van der Waals surface area contributed by atoms with E-state index in [-0.39, 0.29) is 36.8 Å². The first-order chi connectivity index (χ1) is 25.3. The molecule has 2 aliphatic heterocycles. The molecule has 2 aromatic carbocycles. The van der Waals surface area contributed by atoms with Crippen molar-refractivity contribution in [1.29, 1.82) is 0 Å². The van der Waals surface area contributed by atoms with Crippen molar-refractivity contribution in [3.05, 3.63) is 76.9 Å². The monoisotopic (exact) mass is 710 g/mol. The molecule has 1 aliphatic carbocycles. The van der Waals surface area contributed by atoms with Crippen LogP contribution in [0, 0.1) is 11.2 Å². The Morgan fingerprint density at radius 3 is 2.42 bits per heavy atom. The lowest BCUT2D eigenvalue weighted by Gasteiger charge is -2.32. The van der Waals surface area contributed by atoms with Crippen molar-refractivity contribution < 1.29 is 18.7 Å². The summed E-state index contributed by atoms with van der Waals surface area (Å²) in [4.78, 5) is 37.1. The second-order valence-corrected chi connectivity index (χ2v) is 14.5. The number of halogens is 1. The minimum absolute atomic E-state index is 0.198. The molecule has 52 heavy (non-hydrogen) atoms. The normalized spacial score (nSPS) is 18.0. The minimum Gasteiger partial charge on any atom is -0.381 e. The average Bonchev–Trinajstić information content (AvgIpc) is 3.88. The minimum atomic E-state index is -1.12. The van der Waals surface area contributed by atoms with Crippen LogP contribution in [0.3, 0.4) is 0 Å². The smallest absolute Gasteiger partial charge is 0.235 e. The highest BCUT2D eigenvalue weighted by Gasteiger charge is 2.56. The highest BCUT2D eigenvalue weighted by atomic mass is 19.1. The maximum Gasteiger partial charge on any atom is 0.235 e. The first-order valence-electron chi connectivity index (χ1n) is 18.8. The van der Waals surface area contributed by atoms with Crippen molar-refractivity contribution in [3.63, 3.8) is 0 Å². The van der Waals surface area contributed by atoms with Crippen LogP contribution in [0.2, 0.25) is 0 Å². The highest BCUT2D eigenvalue weighted by molar-refractivity contribution is 6.08. The second-order valence-electron chi connectivity index (χ2n) is 14.5. The third kappa shape index (κ3) is 7.69. The van der Waals surface area contributed by atoms with Crippen molar-refractivity contribution >= 4 is 28.5 Å². The van der Waals surface area contributed by atoms with Gasteiger partial charge >= 0.3 is 0 Å². The summed E-state index contributed by atoms with van der Waals surface area (Å²) in [7, 11) is 2.14. The highest BCUT2D eigenvalue weighted by Crippen LogP contribution is 2.46. The number of rotatable bonds is 13. The first-order valence-corrected chi connectivity index (χ1v) is 18.8. The van der Waals surface area contributed by atoms with Gasteiger partial charge in [-0.15, -0.1) is 0 Å². The Morgan fingerprint density at radius 2 is 1.71 bits per heavy atom. The van der Waals surface area contributed by atoms with Crippen LogP contribution >= 0.6 is 0 Å². The Balaban J connectivity index is 1.02. The summed E-state index contributed by atoms with van der Waals surface area (Å²) < 4.78 is 22.7. The van der Waals surface area contributed by atoms with E-state index in [1.807, 2.05) is 29.9 Å². The number of aryl methyl sites for hydroxylation is 2. The molecule has 7 rings (SSSR count). The molecular formula is C40H51FN8O3. The molecular weight excluding hydrogens is 659 g/mol. The van der Waals surface area contributed by atoms with Crippen LogP contribution in [-0.4, -0.2) is 88.9 Å². The Kier molecular flexibility index (Phi) is 10.9. The maximum absolute atomic E-state index is 15.2. The molecule has 4 aromatic rings. The molecule has 4 heterocycles. The first kappa shape index (κ1) is 36.0. The fourth-order valence-electron chi connectivity index (χ4n) is 7.48. The molecule has 2 aromatic heterocycles. The molecule has 0 bridgehead atoms. The largest absolute Gasteiger partial charge is 0.381 e. The van der Waals surface area contributed by atoms with Gasteiger partial charge < -0.3 is 25.6 Å². The Hall–Kier alpha value is -4.39. The van der Waals surface area contributed by atoms with Crippen LogP contribution in [0.25, 0.3) is 22.2 Å². The standard InChI is InChI=1S/C40H51FN8O3/c1-4-35-32(36(45-30-11-19-52-20-12-30)33-25-44-49(5-2)37(33)46-35)24-43-39(51)40(13-14-40)38(50)42-23-27-9-10-34(41)31(22-27)29-8-6-7-28(21-29)26-48-17-15-47(3)16-18-48/h6-10,21-22,25,30H,4-5,11-20,23-24,26H2,1-3H3,(H,42,50)(H,43,51)(H,45,46). The number of pyridine rings is 1. The van der Waals surface area contributed by atoms with Crippen LogP contribution in [-0.2, 0) is 46.9 Å². The van der Waals surface area contributed by atoms with Crippen molar-refractivity contribution in [3.8, 4) is 11.1 Å². The number of nitrogens with one attached hydrogen (secondary N) is 3. The van der Waals surface area contributed by atoms with E-state index in [1.165, 1.54) is 6.07 Å². The summed E-state index contributed by atoms with van der Waals surface area (Å²) in [6, 6.07) is 13.2. The predicted molar refractivity (Wildman–Crippen MR) is 200 cm³/mol. The van der Waals surface area contributed by atoms with E-state index >= 15 is 4.39 Å². The van der Waals surface area contributed by atoms with Gasteiger partial charge in [0.15, 0.2) is 5.65 Å². The van der Waals surface area contributed by atoms with E-state index < -0.39 is 5.41 Å². The van der Waals surface area contributed by atoms with E-state index in [0.29, 0.717) is 44.6 Å². The number of nitrogens with zero attached hydrogens (tertiary/aromatic N) is 5. The molecule has 0 spiro atoms. The van der Waals surface area contributed by atoms with E-state index in [9.17, 15) is 9.59 Å². The molecule has 0 atom stereocenters. The number of fused-ring (bicyclic) bond motifs is 1. The number of carbonyl (C=O) groups is 2. The maximum atomic E-state index is 15.2. The summed E-state index contributed by atoms with van der Waals surface area (Å²) in [5.41, 5.74) is 5.69. The molecule has 1 saturated carbocycles. The van der Waals surface area contributed by atoms with Gasteiger partial charge in [0.2, 0.25) is 11.8 Å².